The van der Waals surface area contributed by atoms with Crippen molar-refractivity contribution in [2.45, 2.75) is 27.7 Å². The molecule has 0 bridgehead atoms. The van der Waals surface area contributed by atoms with Gasteiger partial charge in [0.1, 0.15) is 11.5 Å². The van der Waals surface area contributed by atoms with Gasteiger partial charge in [-0.25, -0.2) is 9.97 Å². The Morgan fingerprint density at radius 3 is 1.81 bits per heavy atom. The summed E-state index contributed by atoms with van der Waals surface area (Å²) >= 11 is 0. The largest absolute Gasteiger partial charge is 0.337 e. The lowest BCUT2D eigenvalue weighted by Gasteiger charge is -2.04. The molecule has 0 saturated carbocycles. The average molecular weight is 342 g/mol. The second-order valence-corrected chi connectivity index (χ2v) is 6.93. The number of benzene rings is 2. The lowest BCUT2D eigenvalue weighted by atomic mass is 10.0. The minimum absolute atomic E-state index is 0.795. The maximum atomic E-state index is 4.55. The molecule has 0 aliphatic heterocycles. The average Bonchev–Trinajstić information content (AvgIpc) is 3.24. The summed E-state index contributed by atoms with van der Waals surface area (Å²) in [5.41, 5.74) is 9.14. The molecule has 0 aliphatic rings. The molecule has 4 rings (SSSR count). The van der Waals surface area contributed by atoms with Crippen LogP contribution in [0.5, 0.6) is 0 Å². The number of imidazole rings is 2. The van der Waals surface area contributed by atoms with E-state index < -0.39 is 0 Å². The predicted molar refractivity (Wildman–Crippen MR) is 106 cm³/mol. The number of aromatic nitrogens is 4. The third-order valence-electron chi connectivity index (χ3n) is 4.72. The van der Waals surface area contributed by atoms with Crippen LogP contribution in [0.4, 0.5) is 0 Å². The van der Waals surface area contributed by atoms with Crippen molar-refractivity contribution in [3.63, 3.8) is 0 Å². The van der Waals surface area contributed by atoms with Gasteiger partial charge in [-0.1, -0.05) is 47.5 Å². The highest BCUT2D eigenvalue weighted by molar-refractivity contribution is 5.68. The van der Waals surface area contributed by atoms with Crippen molar-refractivity contribution in [1.29, 1.82) is 0 Å². The van der Waals surface area contributed by atoms with E-state index >= 15 is 0 Å². The van der Waals surface area contributed by atoms with Crippen molar-refractivity contribution < 1.29 is 0 Å². The number of hydrogen-bond acceptors (Lipinski definition) is 2. The van der Waals surface area contributed by atoms with E-state index in [-0.39, 0.29) is 0 Å². The summed E-state index contributed by atoms with van der Waals surface area (Å²) in [5.74, 6) is 1.66. The van der Waals surface area contributed by atoms with Crippen LogP contribution in [0.25, 0.3) is 34.2 Å². The van der Waals surface area contributed by atoms with Crippen molar-refractivity contribution in [3.05, 3.63) is 71.0 Å². The molecule has 0 unspecified atom stereocenters. The van der Waals surface area contributed by atoms with Gasteiger partial charge in [-0.3, -0.25) is 0 Å². The van der Waals surface area contributed by atoms with Gasteiger partial charge in [0.25, 0.3) is 0 Å². The molecule has 2 aromatic heterocycles. The highest BCUT2D eigenvalue weighted by atomic mass is 15.0. The zero-order valence-electron chi connectivity index (χ0n) is 15.5. The Labute approximate surface area is 153 Å². The fourth-order valence-corrected chi connectivity index (χ4v) is 3.37. The van der Waals surface area contributed by atoms with Gasteiger partial charge in [0.2, 0.25) is 0 Å². The smallest absolute Gasteiger partial charge is 0.155 e. The van der Waals surface area contributed by atoms with Crippen molar-refractivity contribution in [2.24, 2.45) is 0 Å². The fourth-order valence-electron chi connectivity index (χ4n) is 3.37. The summed E-state index contributed by atoms with van der Waals surface area (Å²) in [6.45, 7) is 8.43. The zero-order valence-corrected chi connectivity index (χ0v) is 15.5. The van der Waals surface area contributed by atoms with E-state index in [9.17, 15) is 0 Å². The van der Waals surface area contributed by atoms with Gasteiger partial charge in [-0.15, -0.1) is 0 Å². The normalized spacial score (nSPS) is 11.1. The lowest BCUT2D eigenvalue weighted by molar-refractivity contribution is 1.24. The number of aromatic amines is 2. The minimum Gasteiger partial charge on any atom is -0.337 e. The fraction of sp³-hybridized carbons (Fsp3) is 0.182. The van der Waals surface area contributed by atoms with E-state index in [0.29, 0.717) is 0 Å². The van der Waals surface area contributed by atoms with Crippen LogP contribution >= 0.6 is 0 Å². The van der Waals surface area contributed by atoms with Crippen molar-refractivity contribution in [2.75, 3.05) is 0 Å². The van der Waals surface area contributed by atoms with E-state index in [4.69, 9.17) is 0 Å². The van der Waals surface area contributed by atoms with E-state index in [1.165, 1.54) is 27.8 Å². The monoisotopic (exact) mass is 342 g/mol. The number of hydrogen-bond donors (Lipinski definition) is 2. The molecule has 2 N–H and O–H groups in total. The van der Waals surface area contributed by atoms with Gasteiger partial charge < -0.3 is 9.97 Å². The second-order valence-electron chi connectivity index (χ2n) is 6.93. The van der Waals surface area contributed by atoms with Gasteiger partial charge in [0, 0.05) is 11.1 Å². The summed E-state index contributed by atoms with van der Waals surface area (Å²) < 4.78 is 0. The summed E-state index contributed by atoms with van der Waals surface area (Å²) in [4.78, 5) is 15.9. The molecule has 0 radical (unpaired) electrons. The second kappa shape index (κ2) is 6.30. The van der Waals surface area contributed by atoms with Gasteiger partial charge in [-0.2, -0.15) is 0 Å². The van der Waals surface area contributed by atoms with Crippen molar-refractivity contribution in [1.82, 2.24) is 19.9 Å². The number of rotatable bonds is 3. The van der Waals surface area contributed by atoms with Gasteiger partial charge in [0.15, 0.2) is 5.82 Å². The number of aryl methyl sites for hydroxylation is 4. The molecule has 0 atom stereocenters. The molecule has 0 saturated heterocycles. The minimum atomic E-state index is 0.795. The van der Waals surface area contributed by atoms with Crippen LogP contribution in [0.3, 0.4) is 0 Å². The molecule has 0 fully saturated rings. The van der Waals surface area contributed by atoms with E-state index in [2.05, 4.69) is 84.0 Å². The highest BCUT2D eigenvalue weighted by Crippen LogP contribution is 2.27. The first-order valence-corrected chi connectivity index (χ1v) is 8.77. The maximum absolute atomic E-state index is 4.55. The first kappa shape index (κ1) is 16.3. The van der Waals surface area contributed by atoms with Crippen molar-refractivity contribution in [3.8, 4) is 34.2 Å². The quantitative estimate of drug-likeness (QED) is 0.526. The first-order valence-electron chi connectivity index (χ1n) is 8.77. The molecule has 0 spiro atoms. The van der Waals surface area contributed by atoms with Crippen LogP contribution < -0.4 is 0 Å². The zero-order chi connectivity index (χ0) is 18.3. The molecule has 4 aromatic rings. The van der Waals surface area contributed by atoms with Crippen LogP contribution in [0.1, 0.15) is 22.3 Å². The molecule has 0 aliphatic carbocycles. The molecule has 130 valence electrons. The standard InChI is InChI=1S/C22H22N4/c1-13-5-7-17(15(3)9-13)19-11-24-22(25-19)20-12-23-21(26-20)18-8-6-14(2)10-16(18)4/h5-12H,1-4H3,(H,23,26)(H,24,25). The third-order valence-corrected chi connectivity index (χ3v) is 4.72. The summed E-state index contributed by atoms with van der Waals surface area (Å²) in [6.07, 6.45) is 3.71. The molecule has 2 aromatic carbocycles. The van der Waals surface area contributed by atoms with E-state index in [1.54, 1.807) is 0 Å². The first-order chi connectivity index (χ1) is 12.5. The lowest BCUT2D eigenvalue weighted by Crippen LogP contribution is -1.87. The number of H-pyrrole nitrogens is 2. The number of nitrogens with one attached hydrogen (secondary N) is 2. The molecule has 4 nitrogen and oxygen atoms in total. The molecule has 4 heteroatoms. The highest BCUT2D eigenvalue weighted by Gasteiger charge is 2.12. The Bertz CT molecular complexity index is 997. The van der Waals surface area contributed by atoms with Crippen LogP contribution in [0.15, 0.2) is 48.8 Å². The third kappa shape index (κ3) is 2.94. The molecule has 2 heterocycles. The SMILES string of the molecule is Cc1ccc(-c2cnc(-c3cnc(-c4ccc(C)cc4C)[nH]3)[nH]2)c(C)c1. The molecule has 26 heavy (non-hydrogen) atoms. The Balaban J connectivity index is 1.67. The van der Waals surface area contributed by atoms with Crippen LogP contribution in [0.2, 0.25) is 0 Å². The summed E-state index contributed by atoms with van der Waals surface area (Å²) in [7, 11) is 0. The Morgan fingerprint density at radius 1 is 0.615 bits per heavy atom. The van der Waals surface area contributed by atoms with Gasteiger partial charge >= 0.3 is 0 Å². The topological polar surface area (TPSA) is 57.4 Å². The van der Waals surface area contributed by atoms with Crippen LogP contribution in [0, 0.1) is 27.7 Å². The predicted octanol–water partition coefficient (Wildman–Crippen LogP) is 5.37. The van der Waals surface area contributed by atoms with Gasteiger partial charge in [-0.05, 0) is 38.8 Å². The van der Waals surface area contributed by atoms with Gasteiger partial charge in [0.05, 0.1) is 18.1 Å². The van der Waals surface area contributed by atoms with Crippen LogP contribution in [-0.2, 0) is 0 Å². The Kier molecular flexibility index (Phi) is 3.96. The Morgan fingerprint density at radius 2 is 1.15 bits per heavy atom. The molecular formula is C22H22N4. The van der Waals surface area contributed by atoms with E-state index in [1.807, 2.05) is 12.4 Å². The molecular weight excluding hydrogens is 320 g/mol. The molecule has 0 amide bonds. The van der Waals surface area contributed by atoms with Crippen molar-refractivity contribution >= 4 is 0 Å². The van der Waals surface area contributed by atoms with Crippen LogP contribution in [-0.4, -0.2) is 19.9 Å². The Hall–Kier alpha value is -3.14. The summed E-state index contributed by atoms with van der Waals surface area (Å²) in [5, 5.41) is 0. The number of nitrogens with zero attached hydrogens (tertiary/aromatic N) is 2. The maximum Gasteiger partial charge on any atom is 0.155 e. The summed E-state index contributed by atoms with van der Waals surface area (Å²) in [6, 6.07) is 12.8. The van der Waals surface area contributed by atoms with E-state index in [0.717, 1.165) is 28.6 Å².